The van der Waals surface area contributed by atoms with Crippen LogP contribution in [0.3, 0.4) is 0 Å². The van der Waals surface area contributed by atoms with Crippen LogP contribution in [0, 0.1) is 34.5 Å². The molecule has 154 valence electrons. The van der Waals surface area contributed by atoms with Gasteiger partial charge in [0.15, 0.2) is 5.79 Å². The lowest BCUT2D eigenvalue weighted by Crippen LogP contribution is -2.68. The molecule has 1 aliphatic heterocycles. The summed E-state index contributed by atoms with van der Waals surface area (Å²) in [5.74, 6) is 0.704. The lowest BCUT2D eigenvalue weighted by atomic mass is 9.46. The molecule has 4 heteroatoms. The first-order valence-corrected chi connectivity index (χ1v) is 11.2. The van der Waals surface area contributed by atoms with Crippen LogP contribution in [0.15, 0.2) is 11.6 Å². The van der Waals surface area contributed by atoms with Gasteiger partial charge in [-0.15, -0.1) is 0 Å². The largest absolute Gasteiger partial charge is 0.311 e. The molecule has 0 aromatic carbocycles. The van der Waals surface area contributed by atoms with E-state index in [1.165, 1.54) is 12.0 Å². The zero-order valence-corrected chi connectivity index (χ0v) is 18.0. The van der Waals surface area contributed by atoms with Crippen molar-refractivity contribution >= 4 is 11.6 Å². The fourth-order valence-electron chi connectivity index (χ4n) is 8.29. The summed E-state index contributed by atoms with van der Waals surface area (Å²) >= 11 is 0. The highest BCUT2D eigenvalue weighted by molar-refractivity contribution is 5.98. The quantitative estimate of drug-likeness (QED) is 0.649. The van der Waals surface area contributed by atoms with Gasteiger partial charge in [0.05, 0.1) is 0 Å². The molecule has 0 N–H and O–H groups in total. The average Bonchev–Trinajstić information content (AvgIpc) is 2.92. The minimum Gasteiger partial charge on any atom is -0.311 e. The Morgan fingerprint density at radius 1 is 1.04 bits per heavy atom. The van der Waals surface area contributed by atoms with Crippen molar-refractivity contribution < 1.29 is 19.1 Å². The lowest BCUT2D eigenvalue weighted by Gasteiger charge is -2.62. The van der Waals surface area contributed by atoms with Crippen molar-refractivity contribution in [3.8, 4) is 0 Å². The highest BCUT2D eigenvalue weighted by atomic mass is 16.9. The number of carbonyl (C=O) groups excluding carboxylic acids is 2. The number of ether oxygens (including phenoxy) is 2. The molecule has 4 nitrogen and oxygen atoms in total. The van der Waals surface area contributed by atoms with Gasteiger partial charge < -0.3 is 9.47 Å². The first-order chi connectivity index (χ1) is 13.0. The second kappa shape index (κ2) is 5.57. The van der Waals surface area contributed by atoms with Crippen molar-refractivity contribution in [3.05, 3.63) is 11.6 Å². The zero-order valence-electron chi connectivity index (χ0n) is 18.0. The monoisotopic (exact) mass is 386 g/mol. The van der Waals surface area contributed by atoms with E-state index in [0.29, 0.717) is 30.0 Å². The van der Waals surface area contributed by atoms with E-state index in [4.69, 9.17) is 9.47 Å². The van der Waals surface area contributed by atoms with Crippen LogP contribution in [0.2, 0.25) is 0 Å². The van der Waals surface area contributed by atoms with Gasteiger partial charge in [-0.2, -0.15) is 0 Å². The fourth-order valence-corrected chi connectivity index (χ4v) is 8.29. The Bertz CT molecular complexity index is 771. The van der Waals surface area contributed by atoms with Crippen LogP contribution in [0.25, 0.3) is 0 Å². The van der Waals surface area contributed by atoms with Gasteiger partial charge in [0.25, 0.3) is 0 Å². The summed E-state index contributed by atoms with van der Waals surface area (Å²) in [6, 6.07) is 0. The summed E-state index contributed by atoms with van der Waals surface area (Å²) in [5.41, 5.74) is 1.44. The van der Waals surface area contributed by atoms with Crippen molar-refractivity contribution in [2.24, 2.45) is 34.5 Å². The second-order valence-corrected chi connectivity index (χ2v) is 11.2. The standard InChI is InChI=1S/C24H34O4/c1-14(25)17-8-9-18-16-7-6-15-12-20(26)24(27-21(2,3)28-24)13-23(15,5)19(16)10-11-22(17,18)4/h12,16-19H,6-11,13H2,1-5H3/t16-,17+,18-,19-,22+,23-/m0/s1. The van der Waals surface area contributed by atoms with Gasteiger partial charge in [-0.25, -0.2) is 0 Å². The SMILES string of the molecule is CC(=O)[C@H]1CC[C@H]2[C@@H]3CCC4=CC(=O)C5(C[C@]4(C)[C@H]3CC[C@]12C)OC(C)(C)O5. The van der Waals surface area contributed by atoms with Crippen LogP contribution >= 0.6 is 0 Å². The number of ketones is 2. The van der Waals surface area contributed by atoms with E-state index in [9.17, 15) is 9.59 Å². The van der Waals surface area contributed by atoms with Crippen LogP contribution in [0.5, 0.6) is 0 Å². The molecule has 5 rings (SSSR count). The van der Waals surface area contributed by atoms with Crippen molar-refractivity contribution in [3.63, 3.8) is 0 Å². The minimum atomic E-state index is -1.07. The maximum atomic E-state index is 12.8. The molecule has 4 fully saturated rings. The number of hydrogen-bond acceptors (Lipinski definition) is 4. The third-order valence-electron chi connectivity index (χ3n) is 9.33. The van der Waals surface area contributed by atoms with Crippen LogP contribution in [-0.4, -0.2) is 23.1 Å². The molecule has 1 spiro atoms. The van der Waals surface area contributed by atoms with Crippen molar-refractivity contribution in [1.82, 2.24) is 0 Å². The molecule has 0 radical (unpaired) electrons. The molecule has 3 saturated carbocycles. The molecule has 6 atom stereocenters. The normalized spacial score (nSPS) is 48.2. The zero-order chi connectivity index (χ0) is 20.1. The molecule has 4 aliphatic carbocycles. The smallest absolute Gasteiger partial charge is 0.238 e. The van der Waals surface area contributed by atoms with Crippen molar-refractivity contribution in [2.45, 2.75) is 91.1 Å². The van der Waals surface area contributed by atoms with Crippen molar-refractivity contribution in [1.29, 1.82) is 0 Å². The molecule has 0 aromatic heterocycles. The molecule has 0 aromatic rings. The molecule has 0 bridgehead atoms. The van der Waals surface area contributed by atoms with E-state index in [1.54, 1.807) is 6.92 Å². The highest BCUT2D eigenvalue weighted by Gasteiger charge is 2.66. The Labute approximate surface area is 168 Å². The predicted octanol–water partition coefficient (Wildman–Crippen LogP) is 4.81. The topological polar surface area (TPSA) is 52.6 Å². The van der Waals surface area contributed by atoms with Gasteiger partial charge in [0, 0.05) is 12.3 Å². The molecule has 5 aliphatic rings. The fraction of sp³-hybridized carbons (Fsp3) is 0.833. The number of rotatable bonds is 1. The van der Waals surface area contributed by atoms with Gasteiger partial charge >= 0.3 is 0 Å². The Morgan fingerprint density at radius 3 is 2.39 bits per heavy atom. The Kier molecular flexibility index (Phi) is 3.78. The van der Waals surface area contributed by atoms with Gasteiger partial charge in [-0.3, -0.25) is 9.59 Å². The predicted molar refractivity (Wildman–Crippen MR) is 105 cm³/mol. The average molecular weight is 387 g/mol. The summed E-state index contributed by atoms with van der Waals surface area (Å²) in [4.78, 5) is 25.1. The third-order valence-corrected chi connectivity index (χ3v) is 9.33. The molecule has 1 heterocycles. The van der Waals surface area contributed by atoms with Gasteiger partial charge in [-0.05, 0) is 94.0 Å². The number of Topliss-reactive ketones (excluding diaryl/α,β-unsaturated/α-hetero) is 1. The van der Waals surface area contributed by atoms with E-state index in [0.717, 1.165) is 32.1 Å². The number of hydrogen-bond donors (Lipinski definition) is 0. The van der Waals surface area contributed by atoms with Gasteiger partial charge in [0.1, 0.15) is 5.78 Å². The van der Waals surface area contributed by atoms with Crippen LogP contribution in [0.1, 0.15) is 79.6 Å². The van der Waals surface area contributed by atoms with Crippen LogP contribution < -0.4 is 0 Å². The maximum Gasteiger partial charge on any atom is 0.238 e. The third kappa shape index (κ3) is 2.31. The first kappa shape index (κ1) is 19.0. The van der Waals surface area contributed by atoms with E-state index < -0.39 is 11.6 Å². The molecule has 28 heavy (non-hydrogen) atoms. The van der Waals surface area contributed by atoms with E-state index in [1.807, 2.05) is 19.9 Å². The molecule has 0 amide bonds. The van der Waals surface area contributed by atoms with Gasteiger partial charge in [-0.1, -0.05) is 19.4 Å². The van der Waals surface area contributed by atoms with Crippen LogP contribution in [0.4, 0.5) is 0 Å². The van der Waals surface area contributed by atoms with Crippen LogP contribution in [-0.2, 0) is 19.1 Å². The molecule has 0 unspecified atom stereocenters. The Balaban J connectivity index is 1.48. The second-order valence-electron chi connectivity index (χ2n) is 11.2. The minimum absolute atomic E-state index is 0.00379. The van der Waals surface area contributed by atoms with E-state index in [-0.39, 0.29) is 22.5 Å². The van der Waals surface area contributed by atoms with Crippen molar-refractivity contribution in [2.75, 3.05) is 0 Å². The summed E-state index contributed by atoms with van der Waals surface area (Å²) < 4.78 is 12.1. The Morgan fingerprint density at radius 2 is 1.75 bits per heavy atom. The first-order valence-electron chi connectivity index (χ1n) is 11.2. The Hall–Kier alpha value is -1.00. The summed E-state index contributed by atoms with van der Waals surface area (Å²) in [5, 5.41) is 0. The lowest BCUT2D eigenvalue weighted by molar-refractivity contribution is -0.482. The number of allylic oxidation sites excluding steroid dienone is 1. The summed E-state index contributed by atoms with van der Waals surface area (Å²) in [6.45, 7) is 10.3. The van der Waals surface area contributed by atoms with E-state index >= 15 is 0 Å². The van der Waals surface area contributed by atoms with E-state index in [2.05, 4.69) is 13.8 Å². The molecular weight excluding hydrogens is 352 g/mol. The molecule has 1 saturated heterocycles. The number of carbonyl (C=O) groups is 2. The van der Waals surface area contributed by atoms with Gasteiger partial charge in [0.2, 0.25) is 11.6 Å². The maximum absolute atomic E-state index is 12.8. The molecular formula is C24H34O4. The summed E-state index contributed by atoms with van der Waals surface area (Å²) in [6.07, 6.45) is 9.17. The highest BCUT2D eigenvalue weighted by Crippen LogP contribution is 2.68. The number of fused-ring (bicyclic) bond motifs is 5. The summed E-state index contributed by atoms with van der Waals surface area (Å²) in [7, 11) is 0.